The second-order valence-electron chi connectivity index (χ2n) is 10.5. The van der Waals surface area contributed by atoms with Crippen molar-refractivity contribution in [3.63, 3.8) is 0 Å². The molecule has 49 heavy (non-hydrogen) atoms. The van der Waals surface area contributed by atoms with Crippen molar-refractivity contribution < 1.29 is 43.9 Å². The van der Waals surface area contributed by atoms with Crippen LogP contribution in [0.3, 0.4) is 0 Å². The number of nitrogens with one attached hydrogen (secondary N) is 1. The van der Waals surface area contributed by atoms with E-state index in [2.05, 4.69) is 4.98 Å². The average Bonchev–Trinajstić information content (AvgIpc) is 3.66. The number of alkyl halides is 3. The molecule has 0 saturated carbocycles. The lowest BCUT2D eigenvalue weighted by Crippen LogP contribution is -2.20. The van der Waals surface area contributed by atoms with Crippen LogP contribution < -0.4 is 4.72 Å². The molecule has 6 aromatic rings. The SMILES string of the molecule is Cn1cnc2cc(-c3cccn4c(C(=O)c5ccc(NS(=O)(=O)c6c(F)c(F)c(C#N)c(F)c6F)c(C#N)c5)ccc34)c(C(F)(F)F)cc21. The number of imidazole rings is 1. The average molecular weight is 697 g/mol. The van der Waals surface area contributed by atoms with E-state index in [1.807, 2.05) is 0 Å². The van der Waals surface area contributed by atoms with Gasteiger partial charge < -0.3 is 8.97 Å². The lowest BCUT2D eigenvalue weighted by Gasteiger charge is -2.15. The second-order valence-corrected chi connectivity index (χ2v) is 12.1. The van der Waals surface area contributed by atoms with Crippen LogP contribution in [0.1, 0.15) is 32.7 Å². The highest BCUT2D eigenvalue weighted by molar-refractivity contribution is 7.92. The van der Waals surface area contributed by atoms with Crippen molar-refractivity contribution in [1.29, 1.82) is 10.5 Å². The Morgan fingerprint density at radius 2 is 1.57 bits per heavy atom. The summed E-state index contributed by atoms with van der Waals surface area (Å²) in [4.78, 5) is 15.7. The van der Waals surface area contributed by atoms with Crippen molar-refractivity contribution in [2.45, 2.75) is 11.1 Å². The Labute approximate surface area is 270 Å². The van der Waals surface area contributed by atoms with E-state index in [1.165, 1.54) is 51.8 Å². The van der Waals surface area contributed by atoms with Crippen molar-refractivity contribution in [2.24, 2.45) is 7.05 Å². The summed E-state index contributed by atoms with van der Waals surface area (Å²) in [5.41, 5.74) is -3.38. The molecule has 0 radical (unpaired) electrons. The minimum Gasteiger partial charge on any atom is -0.334 e. The van der Waals surface area contributed by atoms with Gasteiger partial charge in [0.05, 0.1) is 45.4 Å². The van der Waals surface area contributed by atoms with Gasteiger partial charge in [-0.2, -0.15) is 23.7 Å². The summed E-state index contributed by atoms with van der Waals surface area (Å²) in [5.74, 6) is -10.0. The zero-order chi connectivity index (χ0) is 35.6. The lowest BCUT2D eigenvalue weighted by molar-refractivity contribution is -0.137. The molecule has 1 N–H and O–H groups in total. The van der Waals surface area contributed by atoms with E-state index in [4.69, 9.17) is 5.26 Å². The highest BCUT2D eigenvalue weighted by Gasteiger charge is 2.36. The summed E-state index contributed by atoms with van der Waals surface area (Å²) in [6, 6.07) is 13.2. The first-order valence-corrected chi connectivity index (χ1v) is 15.1. The zero-order valence-electron chi connectivity index (χ0n) is 24.4. The van der Waals surface area contributed by atoms with E-state index in [0.29, 0.717) is 5.52 Å². The number of carbonyl (C=O) groups excluding carboxylic acids is 1. The highest BCUT2D eigenvalue weighted by atomic mass is 32.2. The number of rotatable bonds is 6. The third-order valence-corrected chi connectivity index (χ3v) is 9.02. The summed E-state index contributed by atoms with van der Waals surface area (Å²) < 4.78 is 130. The maximum absolute atomic E-state index is 14.5. The van der Waals surface area contributed by atoms with Gasteiger partial charge >= 0.3 is 6.18 Å². The fourth-order valence-electron chi connectivity index (χ4n) is 5.34. The third kappa shape index (κ3) is 5.30. The Kier molecular flexibility index (Phi) is 7.68. The van der Waals surface area contributed by atoms with Crippen LogP contribution in [-0.4, -0.2) is 28.2 Å². The number of sulfonamides is 1. The predicted octanol–water partition coefficient (Wildman–Crippen LogP) is 6.84. The Hall–Kier alpha value is -6.20. The van der Waals surface area contributed by atoms with Crippen molar-refractivity contribution in [3.05, 3.63) is 118 Å². The van der Waals surface area contributed by atoms with Crippen LogP contribution in [0.5, 0.6) is 0 Å². The summed E-state index contributed by atoms with van der Waals surface area (Å²) in [7, 11) is -3.90. The molecule has 0 aliphatic rings. The number of ketones is 1. The minimum atomic E-state index is -5.46. The largest absolute Gasteiger partial charge is 0.417 e. The van der Waals surface area contributed by atoms with Crippen LogP contribution in [0.4, 0.5) is 36.4 Å². The van der Waals surface area contributed by atoms with Gasteiger partial charge in [-0.05, 0) is 54.1 Å². The molecular formula is C32H15F7N6O3S. The number of aryl methyl sites for hydroxylation is 1. The summed E-state index contributed by atoms with van der Waals surface area (Å²) in [6.07, 6.45) is -1.95. The molecule has 0 spiro atoms. The molecule has 3 heterocycles. The molecule has 0 unspecified atom stereocenters. The number of pyridine rings is 1. The molecule has 9 nitrogen and oxygen atoms in total. The van der Waals surface area contributed by atoms with Gasteiger partial charge in [0.1, 0.15) is 17.7 Å². The number of anilines is 1. The van der Waals surface area contributed by atoms with Gasteiger partial charge in [-0.25, -0.2) is 31.0 Å². The Morgan fingerprint density at radius 3 is 2.20 bits per heavy atom. The van der Waals surface area contributed by atoms with Gasteiger partial charge in [-0.3, -0.25) is 9.52 Å². The van der Waals surface area contributed by atoms with Crippen LogP contribution in [0, 0.1) is 45.9 Å². The van der Waals surface area contributed by atoms with Crippen molar-refractivity contribution >= 4 is 38.0 Å². The first-order chi connectivity index (χ1) is 23.1. The third-order valence-electron chi connectivity index (χ3n) is 7.64. The maximum Gasteiger partial charge on any atom is 0.417 e. The minimum absolute atomic E-state index is 0.0609. The molecule has 0 bridgehead atoms. The van der Waals surface area contributed by atoms with E-state index in [0.717, 1.165) is 30.3 Å². The van der Waals surface area contributed by atoms with Crippen LogP contribution in [-0.2, 0) is 23.2 Å². The topological polar surface area (TPSA) is 133 Å². The summed E-state index contributed by atoms with van der Waals surface area (Å²) in [5, 5.41) is 18.4. The highest BCUT2D eigenvalue weighted by Crippen LogP contribution is 2.41. The fourth-order valence-corrected chi connectivity index (χ4v) is 6.56. The number of aromatic nitrogens is 3. The predicted molar refractivity (Wildman–Crippen MR) is 158 cm³/mol. The molecule has 3 aromatic heterocycles. The maximum atomic E-state index is 14.5. The molecule has 246 valence electrons. The van der Waals surface area contributed by atoms with Crippen LogP contribution in [0.15, 0.2) is 72.0 Å². The Morgan fingerprint density at radius 1 is 0.878 bits per heavy atom. The molecule has 0 atom stereocenters. The fraction of sp³-hybridized carbons (Fsp3) is 0.0625. The monoisotopic (exact) mass is 696 g/mol. The molecule has 0 aliphatic carbocycles. The number of nitrogens with zero attached hydrogens (tertiary/aromatic N) is 5. The van der Waals surface area contributed by atoms with Gasteiger partial charge in [0.2, 0.25) is 5.78 Å². The van der Waals surface area contributed by atoms with Crippen LogP contribution >= 0.6 is 0 Å². The molecule has 0 amide bonds. The van der Waals surface area contributed by atoms with Gasteiger partial charge in [0.15, 0.2) is 28.2 Å². The molecular weight excluding hydrogens is 681 g/mol. The normalized spacial score (nSPS) is 11.9. The number of fused-ring (bicyclic) bond motifs is 2. The smallest absolute Gasteiger partial charge is 0.334 e. The quantitative estimate of drug-likeness (QED) is 0.115. The number of hydrogen-bond acceptors (Lipinski definition) is 6. The zero-order valence-corrected chi connectivity index (χ0v) is 25.2. The number of hydrogen-bond donors (Lipinski definition) is 1. The van der Waals surface area contributed by atoms with E-state index in [1.54, 1.807) is 17.8 Å². The first-order valence-electron chi connectivity index (χ1n) is 13.6. The molecule has 3 aromatic carbocycles. The Bertz CT molecular complexity index is 2570. The standard InChI is InChI=1S/C32H15F7N6O3S/c1-44-14-42-22-10-18(20(11-25(22)44)32(37,38)39)17-3-2-8-45-23(17)6-7-24(45)30(46)15-4-5-21(16(9-15)12-40)43-49(47,48)31-28(35)26(33)19(13-41)27(34)29(31)36/h2-11,14,43H,1H3. The van der Waals surface area contributed by atoms with E-state index in [9.17, 15) is 49.2 Å². The molecule has 17 heteroatoms. The van der Waals surface area contributed by atoms with Crippen LogP contribution in [0.2, 0.25) is 0 Å². The van der Waals surface area contributed by atoms with E-state index >= 15 is 0 Å². The molecule has 0 fully saturated rings. The van der Waals surface area contributed by atoms with Crippen molar-refractivity contribution in [2.75, 3.05) is 4.72 Å². The number of benzene rings is 3. The first kappa shape index (κ1) is 32.7. The van der Waals surface area contributed by atoms with E-state index in [-0.39, 0.29) is 33.4 Å². The molecule has 0 aliphatic heterocycles. The summed E-state index contributed by atoms with van der Waals surface area (Å²) >= 11 is 0. The van der Waals surface area contributed by atoms with Gasteiger partial charge in [0, 0.05) is 24.4 Å². The lowest BCUT2D eigenvalue weighted by atomic mass is 9.98. The number of carbonyl (C=O) groups is 1. The van der Waals surface area contributed by atoms with Crippen molar-refractivity contribution in [1.82, 2.24) is 14.0 Å². The second kappa shape index (κ2) is 11.5. The molecule has 0 saturated heterocycles. The Balaban J connectivity index is 1.39. The number of halogens is 7. The van der Waals surface area contributed by atoms with Gasteiger partial charge in [0.25, 0.3) is 10.0 Å². The van der Waals surface area contributed by atoms with Crippen molar-refractivity contribution in [3.8, 4) is 23.3 Å². The van der Waals surface area contributed by atoms with Gasteiger partial charge in [-0.1, -0.05) is 6.07 Å². The van der Waals surface area contributed by atoms with Gasteiger partial charge in [-0.15, -0.1) is 0 Å². The number of nitriles is 2. The molecule has 6 rings (SSSR count). The van der Waals surface area contributed by atoms with Crippen LogP contribution in [0.25, 0.3) is 27.7 Å². The summed E-state index contributed by atoms with van der Waals surface area (Å²) in [6.45, 7) is 0. The van der Waals surface area contributed by atoms with E-state index < -0.39 is 72.5 Å².